The molecule has 0 atom stereocenters. The van der Waals surface area contributed by atoms with E-state index in [1.54, 1.807) is 0 Å². The Bertz CT molecular complexity index is 387. The number of nitrogens with two attached hydrogens (primary N) is 1. The number of halogens is 1. The van der Waals surface area contributed by atoms with Crippen LogP contribution < -0.4 is 10.6 Å². The van der Waals surface area contributed by atoms with Crippen LogP contribution in [0.1, 0.15) is 38.2 Å². The summed E-state index contributed by atoms with van der Waals surface area (Å²) in [5, 5.41) is 0. The summed E-state index contributed by atoms with van der Waals surface area (Å²) < 4.78 is 1.01. The van der Waals surface area contributed by atoms with Crippen molar-refractivity contribution in [1.82, 2.24) is 4.98 Å². The van der Waals surface area contributed by atoms with E-state index < -0.39 is 0 Å². The van der Waals surface area contributed by atoms with Gasteiger partial charge >= 0.3 is 0 Å². The highest BCUT2D eigenvalue weighted by Gasteiger charge is 2.21. The third kappa shape index (κ3) is 3.23. The summed E-state index contributed by atoms with van der Waals surface area (Å²) in [7, 11) is 0. The molecule has 1 fully saturated rings. The van der Waals surface area contributed by atoms with Crippen molar-refractivity contribution in [1.29, 1.82) is 0 Å². The predicted octanol–water partition coefficient (Wildman–Crippen LogP) is 3.32. The van der Waals surface area contributed by atoms with Crippen molar-refractivity contribution < 1.29 is 0 Å². The molecule has 100 valence electrons. The van der Waals surface area contributed by atoms with Gasteiger partial charge in [0.1, 0.15) is 5.82 Å². The van der Waals surface area contributed by atoms with Crippen LogP contribution in [0.5, 0.6) is 0 Å². The van der Waals surface area contributed by atoms with Crippen LogP contribution in [0.2, 0.25) is 0 Å². The number of piperidine rings is 1. The van der Waals surface area contributed by atoms with Crippen molar-refractivity contribution in [3.8, 4) is 0 Å². The van der Waals surface area contributed by atoms with E-state index in [4.69, 9.17) is 5.73 Å². The lowest BCUT2D eigenvalue weighted by Gasteiger charge is -2.33. The lowest BCUT2D eigenvalue weighted by Crippen LogP contribution is -2.35. The van der Waals surface area contributed by atoms with Gasteiger partial charge < -0.3 is 10.6 Å². The zero-order chi connectivity index (χ0) is 13.0. The average Bonchev–Trinajstić information content (AvgIpc) is 2.40. The minimum Gasteiger partial charge on any atom is -0.356 e. The smallest absolute Gasteiger partial charge is 0.133 e. The van der Waals surface area contributed by atoms with Gasteiger partial charge in [0.25, 0.3) is 0 Å². The van der Waals surface area contributed by atoms with E-state index in [0.29, 0.717) is 6.54 Å². The Morgan fingerprint density at radius 3 is 2.78 bits per heavy atom. The van der Waals surface area contributed by atoms with Crippen LogP contribution in [-0.2, 0) is 6.54 Å². The number of pyridine rings is 1. The fraction of sp³-hybridized carbons (Fsp3) is 0.643. The molecule has 2 heterocycles. The first kappa shape index (κ1) is 13.8. The third-order valence-corrected chi connectivity index (χ3v) is 4.17. The Morgan fingerprint density at radius 2 is 2.17 bits per heavy atom. The Hall–Kier alpha value is -0.610. The molecule has 1 aliphatic rings. The van der Waals surface area contributed by atoms with Gasteiger partial charge in [-0.05, 0) is 40.8 Å². The SMILES string of the molecule is CCCC1CCN(c2ncc(Br)cc2CN)CC1. The van der Waals surface area contributed by atoms with Gasteiger partial charge in [-0.15, -0.1) is 0 Å². The van der Waals surface area contributed by atoms with Crippen LogP contribution in [0.3, 0.4) is 0 Å². The molecule has 0 unspecified atom stereocenters. The van der Waals surface area contributed by atoms with E-state index in [2.05, 4.69) is 38.8 Å². The van der Waals surface area contributed by atoms with Crippen LogP contribution in [0.4, 0.5) is 5.82 Å². The molecule has 2 rings (SSSR count). The van der Waals surface area contributed by atoms with Crippen molar-refractivity contribution >= 4 is 21.7 Å². The molecule has 0 aliphatic carbocycles. The van der Waals surface area contributed by atoms with Crippen molar-refractivity contribution in [3.63, 3.8) is 0 Å². The van der Waals surface area contributed by atoms with Crippen LogP contribution in [0.25, 0.3) is 0 Å². The number of rotatable bonds is 4. The molecule has 0 radical (unpaired) electrons. The minimum atomic E-state index is 0.552. The molecule has 18 heavy (non-hydrogen) atoms. The van der Waals surface area contributed by atoms with Gasteiger partial charge in [-0.2, -0.15) is 0 Å². The molecule has 0 bridgehead atoms. The molecule has 1 saturated heterocycles. The molecular weight excluding hydrogens is 290 g/mol. The van der Waals surface area contributed by atoms with Crippen LogP contribution >= 0.6 is 15.9 Å². The fourth-order valence-corrected chi connectivity index (χ4v) is 3.13. The predicted molar refractivity (Wildman–Crippen MR) is 79.7 cm³/mol. The Kier molecular flexibility index (Phi) is 5.01. The van der Waals surface area contributed by atoms with Gasteiger partial charge in [0.2, 0.25) is 0 Å². The molecule has 1 aliphatic heterocycles. The first-order valence-corrected chi connectivity index (χ1v) is 7.63. The Morgan fingerprint density at radius 1 is 1.44 bits per heavy atom. The summed E-state index contributed by atoms with van der Waals surface area (Å²) >= 11 is 3.45. The maximum Gasteiger partial charge on any atom is 0.133 e. The van der Waals surface area contributed by atoms with Crippen molar-refractivity contribution in [2.24, 2.45) is 11.7 Å². The molecule has 0 aromatic carbocycles. The molecule has 2 N–H and O–H groups in total. The van der Waals surface area contributed by atoms with Gasteiger partial charge in [0.05, 0.1) is 0 Å². The molecule has 0 spiro atoms. The van der Waals surface area contributed by atoms with Crippen LogP contribution in [0, 0.1) is 5.92 Å². The largest absolute Gasteiger partial charge is 0.356 e. The van der Waals surface area contributed by atoms with Crippen molar-refractivity contribution in [2.45, 2.75) is 39.2 Å². The zero-order valence-corrected chi connectivity index (χ0v) is 12.6. The highest BCUT2D eigenvalue weighted by Crippen LogP contribution is 2.27. The summed E-state index contributed by atoms with van der Waals surface area (Å²) in [4.78, 5) is 6.93. The second-order valence-corrected chi connectivity index (χ2v) is 5.98. The third-order valence-electron chi connectivity index (χ3n) is 3.74. The first-order valence-electron chi connectivity index (χ1n) is 6.84. The first-order chi connectivity index (χ1) is 8.74. The number of nitrogens with zero attached hydrogens (tertiary/aromatic N) is 2. The molecule has 0 amide bonds. The number of aromatic nitrogens is 1. The Labute approximate surface area is 118 Å². The van der Waals surface area contributed by atoms with E-state index >= 15 is 0 Å². The topological polar surface area (TPSA) is 42.2 Å². The molecule has 4 heteroatoms. The van der Waals surface area contributed by atoms with Crippen LogP contribution in [0.15, 0.2) is 16.7 Å². The second kappa shape index (κ2) is 6.53. The monoisotopic (exact) mass is 311 g/mol. The number of hydrogen-bond acceptors (Lipinski definition) is 3. The highest BCUT2D eigenvalue weighted by atomic mass is 79.9. The molecule has 3 nitrogen and oxygen atoms in total. The van der Waals surface area contributed by atoms with Crippen molar-refractivity contribution in [2.75, 3.05) is 18.0 Å². The second-order valence-electron chi connectivity index (χ2n) is 5.06. The van der Waals surface area contributed by atoms with Gasteiger partial charge in [-0.1, -0.05) is 19.8 Å². The van der Waals surface area contributed by atoms with Crippen molar-refractivity contribution in [3.05, 3.63) is 22.3 Å². The normalized spacial score (nSPS) is 17.2. The standard InChI is InChI=1S/C14H22BrN3/c1-2-3-11-4-6-18(7-5-11)14-12(9-16)8-13(15)10-17-14/h8,10-11H,2-7,9,16H2,1H3. The van der Waals surface area contributed by atoms with E-state index in [1.807, 2.05) is 6.20 Å². The Balaban J connectivity index is 2.05. The molecule has 0 saturated carbocycles. The lowest BCUT2D eigenvalue weighted by atomic mass is 9.92. The van der Waals surface area contributed by atoms with Gasteiger partial charge in [0.15, 0.2) is 0 Å². The highest BCUT2D eigenvalue weighted by molar-refractivity contribution is 9.10. The maximum absolute atomic E-state index is 5.81. The minimum absolute atomic E-state index is 0.552. The summed E-state index contributed by atoms with van der Waals surface area (Å²) in [6.45, 7) is 5.06. The summed E-state index contributed by atoms with van der Waals surface area (Å²) in [5.41, 5.74) is 6.95. The number of anilines is 1. The van der Waals surface area contributed by atoms with E-state index in [0.717, 1.165) is 34.9 Å². The number of hydrogen-bond donors (Lipinski definition) is 1. The van der Waals surface area contributed by atoms with Crippen LogP contribution in [-0.4, -0.2) is 18.1 Å². The van der Waals surface area contributed by atoms with E-state index in [9.17, 15) is 0 Å². The lowest BCUT2D eigenvalue weighted by molar-refractivity contribution is 0.377. The molecule has 1 aromatic heterocycles. The maximum atomic E-state index is 5.81. The van der Waals surface area contributed by atoms with Gasteiger partial charge in [-0.3, -0.25) is 0 Å². The zero-order valence-electron chi connectivity index (χ0n) is 11.0. The van der Waals surface area contributed by atoms with Gasteiger partial charge in [-0.25, -0.2) is 4.98 Å². The summed E-state index contributed by atoms with van der Waals surface area (Å²) in [5.74, 6) is 1.98. The average molecular weight is 312 g/mol. The molecular formula is C14H22BrN3. The molecule has 1 aromatic rings. The van der Waals surface area contributed by atoms with E-state index in [-0.39, 0.29) is 0 Å². The quantitative estimate of drug-likeness (QED) is 0.927. The van der Waals surface area contributed by atoms with E-state index in [1.165, 1.54) is 25.7 Å². The van der Waals surface area contributed by atoms with Gasteiger partial charge in [0, 0.05) is 35.9 Å². The summed E-state index contributed by atoms with van der Waals surface area (Å²) in [6, 6.07) is 2.08. The summed E-state index contributed by atoms with van der Waals surface area (Å²) in [6.07, 6.45) is 7.11. The fourth-order valence-electron chi connectivity index (χ4n) is 2.75.